The molecule has 0 saturated carbocycles. The second-order valence-electron chi connectivity index (χ2n) is 4.82. The van der Waals surface area contributed by atoms with Gasteiger partial charge in [0.05, 0.1) is 12.3 Å². The Morgan fingerprint density at radius 2 is 1.79 bits per heavy atom. The fourth-order valence-corrected chi connectivity index (χ4v) is 3.64. The van der Waals surface area contributed by atoms with Crippen LogP contribution in [0.1, 0.15) is 6.42 Å². The van der Waals surface area contributed by atoms with Crippen LogP contribution in [-0.2, 0) is 14.8 Å². The van der Waals surface area contributed by atoms with Crippen molar-refractivity contribution in [1.82, 2.24) is 14.1 Å². The van der Waals surface area contributed by atoms with Crippen molar-refractivity contribution in [3.8, 4) is 0 Å². The van der Waals surface area contributed by atoms with E-state index in [0.717, 1.165) is 0 Å². The monoisotopic (exact) mass is 311 g/mol. The van der Waals surface area contributed by atoms with E-state index in [2.05, 4.69) is 0 Å². The van der Waals surface area contributed by atoms with Gasteiger partial charge in [0.1, 0.15) is 0 Å². The Labute approximate surface area is 120 Å². The molecule has 0 N–H and O–H groups in total. The van der Waals surface area contributed by atoms with Crippen molar-refractivity contribution in [3.63, 3.8) is 0 Å². The third-order valence-corrected chi connectivity index (χ3v) is 5.34. The molecule has 1 amide bonds. The third-order valence-electron chi connectivity index (χ3n) is 3.12. The van der Waals surface area contributed by atoms with E-state index in [1.807, 2.05) is 4.90 Å². The molecule has 1 aliphatic heterocycles. The lowest BCUT2D eigenvalue weighted by molar-refractivity contribution is -0.130. The Hall–Kier alpha value is -0.370. The van der Waals surface area contributed by atoms with Gasteiger partial charge in [-0.25, -0.2) is 8.42 Å². The molecule has 112 valence electrons. The van der Waals surface area contributed by atoms with Gasteiger partial charge >= 0.3 is 0 Å². The number of amides is 1. The highest BCUT2D eigenvalue weighted by Gasteiger charge is 2.27. The molecule has 1 heterocycles. The summed E-state index contributed by atoms with van der Waals surface area (Å²) in [6, 6.07) is 0. The zero-order valence-corrected chi connectivity index (χ0v) is 13.1. The predicted molar refractivity (Wildman–Crippen MR) is 75.8 cm³/mol. The summed E-state index contributed by atoms with van der Waals surface area (Å²) in [6.45, 7) is 2.44. The van der Waals surface area contributed by atoms with Crippen LogP contribution in [0, 0.1) is 0 Å². The number of alkyl halides is 1. The smallest absolute Gasteiger partial charge is 0.236 e. The number of carbonyl (C=O) groups is 1. The van der Waals surface area contributed by atoms with Crippen LogP contribution in [-0.4, -0.2) is 86.9 Å². The molecule has 1 saturated heterocycles. The lowest BCUT2D eigenvalue weighted by atomic mass is 10.3. The Balaban J connectivity index is 2.42. The van der Waals surface area contributed by atoms with Crippen molar-refractivity contribution >= 4 is 27.5 Å². The number of hydrogen-bond donors (Lipinski definition) is 0. The number of sulfonamides is 1. The molecule has 0 aromatic heterocycles. The first-order chi connectivity index (χ1) is 8.86. The van der Waals surface area contributed by atoms with Gasteiger partial charge in [-0.3, -0.25) is 9.69 Å². The molecule has 0 atom stereocenters. The lowest BCUT2D eigenvalue weighted by Gasteiger charge is -2.34. The molecular weight excluding hydrogens is 290 g/mol. The van der Waals surface area contributed by atoms with Crippen LogP contribution in [0.2, 0.25) is 0 Å². The van der Waals surface area contributed by atoms with E-state index in [-0.39, 0.29) is 11.7 Å². The van der Waals surface area contributed by atoms with Crippen LogP contribution in [0.3, 0.4) is 0 Å². The molecule has 1 aliphatic rings. The minimum absolute atomic E-state index is 0.0402. The molecule has 0 bridgehead atoms. The molecule has 0 unspecified atom stereocenters. The topological polar surface area (TPSA) is 60.9 Å². The van der Waals surface area contributed by atoms with Crippen LogP contribution in [0.4, 0.5) is 0 Å². The zero-order valence-electron chi connectivity index (χ0n) is 11.5. The highest BCUT2D eigenvalue weighted by Crippen LogP contribution is 2.09. The average Bonchev–Trinajstić information content (AvgIpc) is 2.37. The fourth-order valence-electron chi connectivity index (χ4n) is 1.86. The largest absolute Gasteiger partial charge is 0.348 e. The Kier molecular flexibility index (Phi) is 6.52. The van der Waals surface area contributed by atoms with Crippen LogP contribution in [0.25, 0.3) is 0 Å². The number of rotatable bonds is 6. The first-order valence-corrected chi connectivity index (χ1v) is 8.47. The maximum Gasteiger partial charge on any atom is 0.236 e. The molecule has 0 spiro atoms. The zero-order chi connectivity index (χ0) is 14.5. The number of carbonyl (C=O) groups excluding carboxylic acids is 1. The van der Waals surface area contributed by atoms with E-state index < -0.39 is 10.0 Å². The van der Waals surface area contributed by atoms with E-state index in [1.54, 1.807) is 19.0 Å². The summed E-state index contributed by atoms with van der Waals surface area (Å²) in [4.78, 5) is 15.1. The van der Waals surface area contributed by atoms with Crippen molar-refractivity contribution < 1.29 is 13.2 Å². The van der Waals surface area contributed by atoms with E-state index in [4.69, 9.17) is 11.6 Å². The minimum atomic E-state index is -3.19. The van der Waals surface area contributed by atoms with Crippen molar-refractivity contribution in [1.29, 1.82) is 0 Å². The second-order valence-corrected chi connectivity index (χ2v) is 7.29. The highest BCUT2D eigenvalue weighted by molar-refractivity contribution is 7.89. The first-order valence-electron chi connectivity index (χ1n) is 6.33. The molecule has 0 radical (unpaired) electrons. The summed E-state index contributed by atoms with van der Waals surface area (Å²) in [5.41, 5.74) is 0. The molecule has 1 rings (SSSR count). The van der Waals surface area contributed by atoms with Crippen molar-refractivity contribution in [2.24, 2.45) is 0 Å². The summed E-state index contributed by atoms with van der Waals surface area (Å²) in [6.07, 6.45) is 0.475. The van der Waals surface area contributed by atoms with Gasteiger partial charge < -0.3 is 4.90 Å². The van der Waals surface area contributed by atoms with Crippen molar-refractivity contribution in [3.05, 3.63) is 0 Å². The number of piperazine rings is 1. The Morgan fingerprint density at radius 1 is 1.21 bits per heavy atom. The summed E-state index contributed by atoms with van der Waals surface area (Å²) < 4.78 is 25.4. The molecule has 0 aromatic rings. The first kappa shape index (κ1) is 16.7. The van der Waals surface area contributed by atoms with Gasteiger partial charge in [0.15, 0.2) is 0 Å². The number of nitrogens with zero attached hydrogens (tertiary/aromatic N) is 3. The van der Waals surface area contributed by atoms with Crippen molar-refractivity contribution in [2.45, 2.75) is 6.42 Å². The third kappa shape index (κ3) is 5.25. The van der Waals surface area contributed by atoms with Gasteiger partial charge in [-0.1, -0.05) is 0 Å². The average molecular weight is 312 g/mol. The van der Waals surface area contributed by atoms with Crippen LogP contribution >= 0.6 is 11.6 Å². The maximum atomic E-state index is 12.0. The molecule has 8 heteroatoms. The summed E-state index contributed by atoms with van der Waals surface area (Å²) in [5, 5.41) is 0. The predicted octanol–water partition coefficient (Wildman–Crippen LogP) is -0.349. The standard InChI is InChI=1S/C11H22ClN3O3S/c1-13(2)11(16)10-14-5-7-15(8-6-14)19(17,18)9-3-4-12/h3-10H2,1-2H3. The molecule has 1 fully saturated rings. The molecule has 0 aromatic carbocycles. The summed E-state index contributed by atoms with van der Waals surface area (Å²) in [5.74, 6) is 0.502. The maximum absolute atomic E-state index is 12.0. The molecule has 19 heavy (non-hydrogen) atoms. The van der Waals surface area contributed by atoms with E-state index in [9.17, 15) is 13.2 Å². The van der Waals surface area contributed by atoms with Gasteiger partial charge in [-0.2, -0.15) is 4.31 Å². The molecule has 0 aliphatic carbocycles. The van der Waals surface area contributed by atoms with Gasteiger partial charge in [-0.15, -0.1) is 11.6 Å². The number of likely N-dealkylation sites (N-methyl/N-ethyl adjacent to an activating group) is 1. The minimum Gasteiger partial charge on any atom is -0.348 e. The normalized spacial score (nSPS) is 18.5. The number of hydrogen-bond acceptors (Lipinski definition) is 4. The van der Waals surface area contributed by atoms with E-state index >= 15 is 0 Å². The SMILES string of the molecule is CN(C)C(=O)CN1CCN(S(=O)(=O)CCCCl)CC1. The lowest BCUT2D eigenvalue weighted by Crippen LogP contribution is -2.51. The summed E-state index contributed by atoms with van der Waals surface area (Å²) in [7, 11) is 0.248. The quantitative estimate of drug-likeness (QED) is 0.629. The fraction of sp³-hybridized carbons (Fsp3) is 0.909. The Bertz CT molecular complexity index is 392. The van der Waals surface area contributed by atoms with Crippen LogP contribution < -0.4 is 0 Å². The highest BCUT2D eigenvalue weighted by atomic mass is 35.5. The number of halogens is 1. The second kappa shape index (κ2) is 7.42. The van der Waals surface area contributed by atoms with Gasteiger partial charge in [0.2, 0.25) is 15.9 Å². The Morgan fingerprint density at radius 3 is 2.26 bits per heavy atom. The molecule has 6 nitrogen and oxygen atoms in total. The van der Waals surface area contributed by atoms with Gasteiger partial charge in [0, 0.05) is 46.2 Å². The summed E-state index contributed by atoms with van der Waals surface area (Å²) >= 11 is 5.52. The van der Waals surface area contributed by atoms with Crippen molar-refractivity contribution in [2.75, 3.05) is 58.5 Å². The van der Waals surface area contributed by atoms with E-state index in [1.165, 1.54) is 4.31 Å². The van der Waals surface area contributed by atoms with Gasteiger partial charge in [0.25, 0.3) is 0 Å². The van der Waals surface area contributed by atoms with Crippen LogP contribution in [0.15, 0.2) is 0 Å². The van der Waals surface area contributed by atoms with Gasteiger partial charge in [-0.05, 0) is 6.42 Å². The van der Waals surface area contributed by atoms with E-state index in [0.29, 0.717) is 45.0 Å². The van der Waals surface area contributed by atoms with Crippen LogP contribution in [0.5, 0.6) is 0 Å². The molecular formula is C11H22ClN3O3S.